The Balaban J connectivity index is 2.38. The van der Waals surface area contributed by atoms with Gasteiger partial charge in [-0.25, -0.2) is 15.0 Å². The molecule has 1 N–H and O–H groups in total. The van der Waals surface area contributed by atoms with Crippen molar-refractivity contribution in [3.05, 3.63) is 0 Å². The van der Waals surface area contributed by atoms with E-state index < -0.39 is 0 Å². The Morgan fingerprint density at radius 3 is 3.25 bits per heavy atom. The predicted octanol–water partition coefficient (Wildman–Crippen LogP) is 0.0217. The highest BCUT2D eigenvalue weighted by atomic mass is 35.5. The van der Waals surface area contributed by atoms with E-state index >= 15 is 0 Å². The smallest absolute Gasteiger partial charge is 0.197 e. The molecule has 2 aliphatic rings. The molecule has 2 heterocycles. The van der Waals surface area contributed by atoms with Crippen LogP contribution >= 0.6 is 11.6 Å². The van der Waals surface area contributed by atoms with Crippen LogP contribution in [0, 0.1) is 0 Å². The van der Waals surface area contributed by atoms with E-state index in [-0.39, 0.29) is 6.04 Å². The molecule has 0 aromatic rings. The summed E-state index contributed by atoms with van der Waals surface area (Å²) in [7, 11) is 1.66. The number of amidine groups is 3. The molecule has 6 heteroatoms. The van der Waals surface area contributed by atoms with Crippen LogP contribution < -0.4 is 5.32 Å². The molecule has 5 nitrogen and oxygen atoms in total. The number of halogens is 1. The third-order valence-corrected chi connectivity index (χ3v) is 1.79. The molecule has 2 aliphatic heterocycles. The number of fused-ring (bicyclic) bond motifs is 1. The minimum absolute atomic E-state index is 0.229. The number of hydrogen-bond acceptors (Lipinski definition) is 4. The van der Waals surface area contributed by atoms with Crippen molar-refractivity contribution in [1.29, 1.82) is 0 Å². The van der Waals surface area contributed by atoms with E-state index in [0.717, 1.165) is 0 Å². The minimum atomic E-state index is -0.229. The van der Waals surface area contributed by atoms with Crippen LogP contribution in [0.4, 0.5) is 0 Å². The van der Waals surface area contributed by atoms with Crippen LogP contribution in [-0.4, -0.2) is 36.4 Å². The van der Waals surface area contributed by atoms with Crippen LogP contribution in [0.15, 0.2) is 20.0 Å². The van der Waals surface area contributed by atoms with Crippen LogP contribution in [0.3, 0.4) is 0 Å². The van der Waals surface area contributed by atoms with Crippen molar-refractivity contribution in [2.24, 2.45) is 20.0 Å². The lowest BCUT2D eigenvalue weighted by atomic mass is 10.2. The molecule has 0 aromatic carbocycles. The monoisotopic (exact) mass is 183 g/mol. The SMILES string of the molecule is CN=C1N=CN=C2NC(Cl)=NC12. The molecule has 0 aliphatic carbocycles. The van der Waals surface area contributed by atoms with Gasteiger partial charge in [-0.1, -0.05) is 0 Å². The molecule has 0 saturated carbocycles. The summed E-state index contributed by atoms with van der Waals surface area (Å²) < 4.78 is 0. The zero-order valence-corrected chi connectivity index (χ0v) is 7.08. The summed E-state index contributed by atoms with van der Waals surface area (Å²) >= 11 is 5.66. The molecular weight excluding hydrogens is 178 g/mol. The highest BCUT2D eigenvalue weighted by Crippen LogP contribution is 2.09. The summed E-state index contributed by atoms with van der Waals surface area (Å²) in [5.41, 5.74) is 0. The molecule has 0 fully saturated rings. The van der Waals surface area contributed by atoms with Crippen molar-refractivity contribution in [2.75, 3.05) is 7.05 Å². The molecule has 12 heavy (non-hydrogen) atoms. The van der Waals surface area contributed by atoms with Crippen LogP contribution in [0.1, 0.15) is 0 Å². The summed E-state index contributed by atoms with van der Waals surface area (Å²) in [6.45, 7) is 0. The molecular formula is C6H6ClN5. The van der Waals surface area contributed by atoms with E-state index in [1.165, 1.54) is 6.34 Å². The normalized spacial score (nSPS) is 29.5. The van der Waals surface area contributed by atoms with E-state index in [2.05, 4.69) is 25.3 Å². The van der Waals surface area contributed by atoms with Gasteiger partial charge >= 0.3 is 0 Å². The first-order chi connectivity index (χ1) is 5.81. The van der Waals surface area contributed by atoms with Crippen LogP contribution in [0.2, 0.25) is 0 Å². The van der Waals surface area contributed by atoms with Crippen molar-refractivity contribution in [1.82, 2.24) is 5.32 Å². The summed E-state index contributed by atoms with van der Waals surface area (Å²) in [4.78, 5) is 15.9. The Morgan fingerprint density at radius 2 is 2.50 bits per heavy atom. The number of nitrogens with one attached hydrogen (secondary N) is 1. The van der Waals surface area contributed by atoms with Crippen molar-refractivity contribution >= 4 is 34.9 Å². The number of aliphatic imine (C=N–C) groups is 4. The third-order valence-electron chi connectivity index (χ3n) is 1.59. The minimum Gasteiger partial charge on any atom is -0.317 e. The second-order valence-corrected chi connectivity index (χ2v) is 2.65. The van der Waals surface area contributed by atoms with E-state index in [1.54, 1.807) is 7.05 Å². The van der Waals surface area contributed by atoms with Gasteiger partial charge in [0.15, 0.2) is 17.2 Å². The van der Waals surface area contributed by atoms with Crippen molar-refractivity contribution in [3.63, 3.8) is 0 Å². The van der Waals surface area contributed by atoms with Gasteiger partial charge in [-0.3, -0.25) is 4.99 Å². The van der Waals surface area contributed by atoms with Gasteiger partial charge in [0.1, 0.15) is 12.2 Å². The van der Waals surface area contributed by atoms with Crippen LogP contribution in [0.25, 0.3) is 0 Å². The third kappa shape index (κ3) is 1.02. The molecule has 0 aromatic heterocycles. The molecule has 2 rings (SSSR count). The maximum absolute atomic E-state index is 5.66. The lowest BCUT2D eigenvalue weighted by molar-refractivity contribution is 1.10. The number of rotatable bonds is 0. The number of nitrogens with zero attached hydrogens (tertiary/aromatic N) is 4. The fourth-order valence-electron chi connectivity index (χ4n) is 1.06. The van der Waals surface area contributed by atoms with E-state index in [1.807, 2.05) is 0 Å². The summed E-state index contributed by atoms with van der Waals surface area (Å²) in [6, 6.07) is -0.229. The lowest BCUT2D eigenvalue weighted by Crippen LogP contribution is -2.34. The highest BCUT2D eigenvalue weighted by Gasteiger charge is 2.29. The van der Waals surface area contributed by atoms with Gasteiger partial charge in [0.25, 0.3) is 0 Å². The maximum atomic E-state index is 5.66. The van der Waals surface area contributed by atoms with Gasteiger partial charge in [0, 0.05) is 7.05 Å². The molecule has 62 valence electrons. The standard InChI is InChI=1S/C6H6ClN5/c1-8-4-3-5(10-2-9-4)12-6(7)11-3/h2-3H,1H3,(H,8,9,10,11,12). The van der Waals surface area contributed by atoms with Crippen LogP contribution in [-0.2, 0) is 0 Å². The first-order valence-electron chi connectivity index (χ1n) is 3.38. The average Bonchev–Trinajstić information content (AvgIpc) is 2.44. The highest BCUT2D eigenvalue weighted by molar-refractivity contribution is 6.67. The average molecular weight is 184 g/mol. The largest absolute Gasteiger partial charge is 0.317 e. The Hall–Kier alpha value is -1.23. The summed E-state index contributed by atoms with van der Waals surface area (Å²) in [5, 5.41) is 3.15. The van der Waals surface area contributed by atoms with Crippen molar-refractivity contribution in [3.8, 4) is 0 Å². The topological polar surface area (TPSA) is 61.5 Å². The van der Waals surface area contributed by atoms with Gasteiger partial charge in [0.05, 0.1) is 0 Å². The van der Waals surface area contributed by atoms with Crippen LogP contribution in [0.5, 0.6) is 0 Å². The second-order valence-electron chi connectivity index (χ2n) is 2.29. The maximum Gasteiger partial charge on any atom is 0.197 e. The Kier molecular flexibility index (Phi) is 1.65. The van der Waals surface area contributed by atoms with E-state index in [0.29, 0.717) is 17.0 Å². The fourth-order valence-corrected chi connectivity index (χ4v) is 1.26. The first-order valence-corrected chi connectivity index (χ1v) is 3.76. The molecule has 0 bridgehead atoms. The molecule has 0 spiro atoms. The molecule has 1 atom stereocenters. The van der Waals surface area contributed by atoms with Gasteiger partial charge in [-0.15, -0.1) is 0 Å². The molecule has 0 saturated heterocycles. The summed E-state index contributed by atoms with van der Waals surface area (Å²) in [5.74, 6) is 1.32. The van der Waals surface area contributed by atoms with E-state index in [9.17, 15) is 0 Å². The second kappa shape index (κ2) is 2.67. The molecule has 1 unspecified atom stereocenters. The fraction of sp³-hybridized carbons (Fsp3) is 0.333. The van der Waals surface area contributed by atoms with Gasteiger partial charge < -0.3 is 5.32 Å². The van der Waals surface area contributed by atoms with Gasteiger partial charge in [-0.05, 0) is 11.6 Å². The Morgan fingerprint density at radius 1 is 1.67 bits per heavy atom. The van der Waals surface area contributed by atoms with Gasteiger partial charge in [0.2, 0.25) is 0 Å². The predicted molar refractivity (Wildman–Crippen MR) is 49.5 cm³/mol. The zero-order valence-electron chi connectivity index (χ0n) is 6.32. The summed E-state index contributed by atoms with van der Waals surface area (Å²) in [6.07, 6.45) is 1.44. The number of hydrogen-bond donors (Lipinski definition) is 1. The zero-order chi connectivity index (χ0) is 8.55. The molecule has 0 radical (unpaired) electrons. The van der Waals surface area contributed by atoms with Crippen molar-refractivity contribution in [2.45, 2.75) is 6.04 Å². The first kappa shape index (κ1) is 7.42. The van der Waals surface area contributed by atoms with E-state index in [4.69, 9.17) is 11.6 Å². The molecule has 0 amide bonds. The Bertz CT molecular complexity index is 327. The van der Waals surface area contributed by atoms with Crippen molar-refractivity contribution < 1.29 is 0 Å². The Labute approximate surface area is 74.0 Å². The quantitative estimate of drug-likeness (QED) is 0.529. The lowest BCUT2D eigenvalue weighted by Gasteiger charge is -2.09. The van der Waals surface area contributed by atoms with Gasteiger partial charge in [-0.2, -0.15) is 0 Å².